The van der Waals surface area contributed by atoms with Crippen molar-refractivity contribution in [1.29, 1.82) is 5.41 Å². The highest BCUT2D eigenvalue weighted by Gasteiger charge is 2.25. The van der Waals surface area contributed by atoms with E-state index in [9.17, 15) is 0 Å². The monoisotopic (exact) mass is 626 g/mol. The molecular weight excluding hydrogens is 601 g/mol. The van der Waals surface area contributed by atoms with Crippen LogP contribution in [-0.4, -0.2) is 9.61 Å². The third kappa shape index (κ3) is 3.46. The fraction of sp³-hybridized carbons (Fsp3) is 0. The minimum Gasteiger partial charge on any atom is -0.309 e. The number of hydrogen-bond donors (Lipinski definition) is 1. The summed E-state index contributed by atoms with van der Waals surface area (Å²) in [6.45, 7) is 0. The Bertz CT molecular complexity index is 2930. The van der Waals surface area contributed by atoms with Crippen molar-refractivity contribution in [3.8, 4) is 27.9 Å². The SMILES string of the molecule is N=C(SC1=Cc2cc3ccc(-n4c5cccc6c5c5c7c(cccc7ccc54)-c4ccccc4-6)cc3c3cccc1c23)c1ccccc1. The van der Waals surface area contributed by atoms with Crippen LogP contribution in [0.4, 0.5) is 0 Å². The molecule has 0 fully saturated rings. The molecule has 1 aromatic heterocycles. The minimum atomic E-state index is 0.565. The van der Waals surface area contributed by atoms with Crippen LogP contribution >= 0.6 is 11.8 Å². The lowest BCUT2D eigenvalue weighted by molar-refractivity contribution is 1.19. The Morgan fingerprint density at radius 1 is 0.479 bits per heavy atom. The molecule has 3 heteroatoms. The van der Waals surface area contributed by atoms with E-state index < -0.39 is 0 Å². The van der Waals surface area contributed by atoms with Crippen LogP contribution in [0, 0.1) is 5.41 Å². The van der Waals surface area contributed by atoms with E-state index in [0.29, 0.717) is 5.04 Å². The average molecular weight is 627 g/mol. The number of thioether (sulfide) groups is 1. The van der Waals surface area contributed by atoms with E-state index in [1.54, 1.807) is 11.8 Å². The lowest BCUT2D eigenvalue weighted by Gasteiger charge is -2.15. The van der Waals surface area contributed by atoms with E-state index in [0.717, 1.165) is 16.2 Å². The zero-order valence-electron chi connectivity index (χ0n) is 25.8. The zero-order valence-corrected chi connectivity index (χ0v) is 26.6. The summed E-state index contributed by atoms with van der Waals surface area (Å²) >= 11 is 1.54. The van der Waals surface area contributed by atoms with Gasteiger partial charge in [-0.3, -0.25) is 5.41 Å². The van der Waals surface area contributed by atoms with Crippen LogP contribution in [0.3, 0.4) is 0 Å². The standard InChI is InChI=1S/C45H26N2S/c46-45(27-9-2-1-3-10-27)48-40-24-29-23-28-19-21-30(25-37(28)35-15-7-17-36(40)41(29)35)47-38-18-8-16-34-32-13-5-4-12-31(32)33-14-6-11-26-20-22-39(47)44(42(26)33)43(34)38/h1-25,46H. The smallest absolute Gasteiger partial charge is 0.0990 e. The highest BCUT2D eigenvalue weighted by Crippen LogP contribution is 2.50. The first kappa shape index (κ1) is 26.2. The summed E-state index contributed by atoms with van der Waals surface area (Å²) in [5.41, 5.74) is 12.2. The highest BCUT2D eigenvalue weighted by molar-refractivity contribution is 8.22. The number of fused-ring (bicyclic) bond motifs is 5. The van der Waals surface area contributed by atoms with Gasteiger partial charge >= 0.3 is 0 Å². The minimum absolute atomic E-state index is 0.565. The number of hydrogen-bond acceptors (Lipinski definition) is 2. The molecule has 0 saturated heterocycles. The number of rotatable bonds is 3. The van der Waals surface area contributed by atoms with Gasteiger partial charge in [0.15, 0.2) is 0 Å². The summed E-state index contributed by atoms with van der Waals surface area (Å²) in [6.07, 6.45) is 2.26. The maximum atomic E-state index is 8.82. The summed E-state index contributed by atoms with van der Waals surface area (Å²) in [6, 6.07) is 52.9. The Balaban J connectivity index is 1.15. The van der Waals surface area contributed by atoms with Crippen molar-refractivity contribution in [2.24, 2.45) is 0 Å². The van der Waals surface area contributed by atoms with Gasteiger partial charge in [-0.2, -0.15) is 0 Å². The normalized spacial score (nSPS) is 12.9. The second-order valence-corrected chi connectivity index (χ2v) is 13.9. The first-order valence-corrected chi connectivity index (χ1v) is 17.2. The molecule has 222 valence electrons. The second-order valence-electron chi connectivity index (χ2n) is 12.8. The lowest BCUT2D eigenvalue weighted by Crippen LogP contribution is -1.95. The quantitative estimate of drug-likeness (QED) is 0.118. The van der Waals surface area contributed by atoms with Crippen LogP contribution in [0.1, 0.15) is 16.7 Å². The van der Waals surface area contributed by atoms with Gasteiger partial charge in [0.25, 0.3) is 0 Å². The van der Waals surface area contributed by atoms with Crippen LogP contribution in [0.5, 0.6) is 0 Å². The molecule has 0 amide bonds. The molecule has 2 aliphatic rings. The van der Waals surface area contributed by atoms with Gasteiger partial charge in [0.1, 0.15) is 0 Å². The Morgan fingerprint density at radius 3 is 2.02 bits per heavy atom. The molecule has 0 unspecified atom stereocenters. The lowest BCUT2D eigenvalue weighted by atomic mass is 9.93. The van der Waals surface area contributed by atoms with E-state index in [1.807, 2.05) is 30.3 Å². The molecule has 11 rings (SSSR count). The molecule has 0 bridgehead atoms. The zero-order chi connectivity index (χ0) is 31.5. The van der Waals surface area contributed by atoms with E-state index in [4.69, 9.17) is 5.41 Å². The number of nitrogens with one attached hydrogen (secondary N) is 1. The number of benzene rings is 8. The van der Waals surface area contributed by atoms with Gasteiger partial charge in [0.05, 0.1) is 16.1 Å². The van der Waals surface area contributed by atoms with Crippen LogP contribution in [-0.2, 0) is 0 Å². The third-order valence-corrected chi connectivity index (χ3v) is 11.4. The van der Waals surface area contributed by atoms with Gasteiger partial charge in [-0.1, -0.05) is 127 Å². The summed E-state index contributed by atoms with van der Waals surface area (Å²) in [4.78, 5) is 1.13. The van der Waals surface area contributed by atoms with Crippen molar-refractivity contribution >= 4 is 81.9 Å². The molecule has 2 aliphatic carbocycles. The number of aromatic nitrogens is 1. The van der Waals surface area contributed by atoms with Gasteiger partial charge in [-0.05, 0) is 102 Å². The molecule has 0 radical (unpaired) electrons. The summed E-state index contributed by atoms with van der Waals surface area (Å²) in [7, 11) is 0. The van der Waals surface area contributed by atoms with Crippen molar-refractivity contribution < 1.29 is 0 Å². The fourth-order valence-corrected chi connectivity index (χ4v) is 9.30. The third-order valence-electron chi connectivity index (χ3n) is 10.4. The molecule has 0 saturated carbocycles. The highest BCUT2D eigenvalue weighted by atomic mass is 32.2. The Hall–Kier alpha value is -5.90. The second kappa shape index (κ2) is 9.57. The Morgan fingerprint density at radius 2 is 1.17 bits per heavy atom. The molecule has 48 heavy (non-hydrogen) atoms. The Kier molecular flexibility index (Phi) is 5.22. The molecule has 1 heterocycles. The summed E-state index contributed by atoms with van der Waals surface area (Å²) < 4.78 is 2.47. The van der Waals surface area contributed by atoms with E-state index in [2.05, 4.69) is 126 Å². The van der Waals surface area contributed by atoms with Crippen LogP contribution < -0.4 is 0 Å². The summed E-state index contributed by atoms with van der Waals surface area (Å²) in [5.74, 6) is 0. The fourth-order valence-electron chi connectivity index (χ4n) is 8.36. The van der Waals surface area contributed by atoms with E-state index >= 15 is 0 Å². The first-order chi connectivity index (χ1) is 23.7. The van der Waals surface area contributed by atoms with Gasteiger partial charge in [-0.25, -0.2) is 0 Å². The maximum Gasteiger partial charge on any atom is 0.0990 e. The maximum absolute atomic E-state index is 8.82. The first-order valence-electron chi connectivity index (χ1n) is 16.4. The van der Waals surface area contributed by atoms with Crippen molar-refractivity contribution in [2.45, 2.75) is 0 Å². The van der Waals surface area contributed by atoms with Crippen LogP contribution in [0.15, 0.2) is 146 Å². The van der Waals surface area contributed by atoms with Gasteiger partial charge < -0.3 is 4.57 Å². The molecule has 1 N–H and O–H groups in total. The van der Waals surface area contributed by atoms with Crippen molar-refractivity contribution in [1.82, 2.24) is 4.57 Å². The Labute approximate surface area is 281 Å². The van der Waals surface area contributed by atoms with Gasteiger partial charge in [0.2, 0.25) is 0 Å². The van der Waals surface area contributed by atoms with E-state index in [-0.39, 0.29) is 0 Å². The van der Waals surface area contributed by atoms with Crippen molar-refractivity contribution in [3.63, 3.8) is 0 Å². The number of nitrogens with zero attached hydrogens (tertiary/aromatic N) is 1. The largest absolute Gasteiger partial charge is 0.309 e. The molecule has 0 atom stereocenters. The molecule has 8 aromatic carbocycles. The predicted octanol–water partition coefficient (Wildman–Crippen LogP) is 12.5. The topological polar surface area (TPSA) is 28.8 Å². The average Bonchev–Trinajstić information content (AvgIpc) is 3.63. The predicted molar refractivity (Wildman–Crippen MR) is 206 cm³/mol. The van der Waals surface area contributed by atoms with Crippen LogP contribution in [0.2, 0.25) is 0 Å². The molecule has 0 aliphatic heterocycles. The molecule has 9 aromatic rings. The molecule has 0 spiro atoms. The van der Waals surface area contributed by atoms with Crippen molar-refractivity contribution in [2.75, 3.05) is 0 Å². The van der Waals surface area contributed by atoms with Crippen molar-refractivity contribution in [3.05, 3.63) is 162 Å². The molecule has 2 nitrogen and oxygen atoms in total. The summed E-state index contributed by atoms with van der Waals surface area (Å²) in [5, 5.41) is 19.6. The van der Waals surface area contributed by atoms with Crippen LogP contribution in [0.25, 0.3) is 93.0 Å². The van der Waals surface area contributed by atoms with Gasteiger partial charge in [0, 0.05) is 26.9 Å². The van der Waals surface area contributed by atoms with E-state index in [1.165, 1.54) is 87.5 Å². The van der Waals surface area contributed by atoms with Gasteiger partial charge in [-0.15, -0.1) is 0 Å². The molecular formula is C45H26N2S.